The van der Waals surface area contributed by atoms with Crippen molar-refractivity contribution in [2.45, 2.75) is 25.3 Å². The molecule has 0 aliphatic carbocycles. The zero-order valence-electron chi connectivity index (χ0n) is 12.5. The van der Waals surface area contributed by atoms with E-state index < -0.39 is 0 Å². The summed E-state index contributed by atoms with van der Waals surface area (Å²) in [5.41, 5.74) is 7.27. The van der Waals surface area contributed by atoms with Crippen LogP contribution in [0.25, 0.3) is 0 Å². The summed E-state index contributed by atoms with van der Waals surface area (Å²) in [6.07, 6.45) is 3.34. The standard InChI is InChI=1S/C16H23BrN2O2/c1-19-5-2-4-11(10-18)15(19)12-8-13(17)16-14(9-12)20-6-3-7-21-16/h8-9,11,15H,2-7,10,18H2,1H3. The lowest BCUT2D eigenvalue weighted by molar-refractivity contribution is 0.125. The third kappa shape index (κ3) is 3.05. The van der Waals surface area contributed by atoms with Crippen LogP contribution in [0.1, 0.15) is 30.9 Å². The average molecular weight is 355 g/mol. The van der Waals surface area contributed by atoms with Crippen LogP contribution in [0.4, 0.5) is 0 Å². The summed E-state index contributed by atoms with van der Waals surface area (Å²) in [6.45, 7) is 3.26. The third-order valence-electron chi connectivity index (χ3n) is 4.48. The number of fused-ring (bicyclic) bond motifs is 1. The quantitative estimate of drug-likeness (QED) is 0.886. The lowest BCUT2D eigenvalue weighted by atomic mass is 9.85. The number of rotatable bonds is 2. The van der Waals surface area contributed by atoms with E-state index in [1.165, 1.54) is 18.4 Å². The summed E-state index contributed by atoms with van der Waals surface area (Å²) in [5, 5.41) is 0. The van der Waals surface area contributed by atoms with Crippen LogP contribution in [-0.2, 0) is 0 Å². The monoisotopic (exact) mass is 354 g/mol. The Balaban J connectivity index is 1.97. The number of halogens is 1. The molecular weight excluding hydrogens is 332 g/mol. The number of likely N-dealkylation sites (tertiary alicyclic amines) is 1. The van der Waals surface area contributed by atoms with Gasteiger partial charge < -0.3 is 15.2 Å². The van der Waals surface area contributed by atoms with Crippen molar-refractivity contribution in [2.75, 3.05) is 33.4 Å². The smallest absolute Gasteiger partial charge is 0.175 e. The number of benzene rings is 1. The molecule has 0 spiro atoms. The molecular formula is C16H23BrN2O2. The molecule has 0 amide bonds. The summed E-state index contributed by atoms with van der Waals surface area (Å²) in [7, 11) is 2.18. The fourth-order valence-corrected chi connectivity index (χ4v) is 4.03. The first-order valence-corrected chi connectivity index (χ1v) is 8.49. The molecule has 1 saturated heterocycles. The Bertz CT molecular complexity index is 509. The highest BCUT2D eigenvalue weighted by atomic mass is 79.9. The summed E-state index contributed by atoms with van der Waals surface area (Å²) < 4.78 is 12.6. The van der Waals surface area contributed by atoms with Crippen LogP contribution < -0.4 is 15.2 Å². The SMILES string of the molecule is CN1CCCC(CN)C1c1cc(Br)c2c(c1)OCCCO2. The van der Waals surface area contributed by atoms with Gasteiger partial charge in [-0.3, -0.25) is 4.90 Å². The van der Waals surface area contributed by atoms with Gasteiger partial charge in [0.25, 0.3) is 0 Å². The fourth-order valence-electron chi connectivity index (χ4n) is 3.45. The molecule has 2 aliphatic heterocycles. The third-order valence-corrected chi connectivity index (χ3v) is 5.06. The van der Waals surface area contributed by atoms with Gasteiger partial charge >= 0.3 is 0 Å². The molecule has 0 radical (unpaired) electrons. The molecule has 5 heteroatoms. The lowest BCUT2D eigenvalue weighted by Crippen LogP contribution is -2.39. The number of nitrogens with two attached hydrogens (primary N) is 1. The molecule has 1 fully saturated rings. The second-order valence-corrected chi connectivity index (χ2v) is 6.80. The van der Waals surface area contributed by atoms with Crippen LogP contribution in [-0.4, -0.2) is 38.3 Å². The van der Waals surface area contributed by atoms with Crippen molar-refractivity contribution in [2.24, 2.45) is 11.7 Å². The minimum Gasteiger partial charge on any atom is -0.490 e. The molecule has 0 aromatic heterocycles. The van der Waals surface area contributed by atoms with Crippen molar-refractivity contribution < 1.29 is 9.47 Å². The van der Waals surface area contributed by atoms with E-state index >= 15 is 0 Å². The van der Waals surface area contributed by atoms with Gasteiger partial charge in [-0.25, -0.2) is 0 Å². The van der Waals surface area contributed by atoms with Crippen LogP contribution >= 0.6 is 15.9 Å². The van der Waals surface area contributed by atoms with Gasteiger partial charge in [-0.15, -0.1) is 0 Å². The molecule has 3 rings (SSSR count). The highest BCUT2D eigenvalue weighted by molar-refractivity contribution is 9.10. The fraction of sp³-hybridized carbons (Fsp3) is 0.625. The summed E-state index contributed by atoms with van der Waals surface area (Å²) in [5.74, 6) is 2.19. The second-order valence-electron chi connectivity index (χ2n) is 5.94. The van der Waals surface area contributed by atoms with Gasteiger partial charge in [0.2, 0.25) is 0 Å². The Kier molecular flexibility index (Phi) is 4.72. The number of hydrogen-bond donors (Lipinski definition) is 1. The number of nitrogens with zero attached hydrogens (tertiary/aromatic N) is 1. The molecule has 1 aromatic carbocycles. The minimum absolute atomic E-state index is 0.359. The van der Waals surface area contributed by atoms with E-state index in [4.69, 9.17) is 15.2 Å². The second kappa shape index (κ2) is 6.55. The first-order chi connectivity index (χ1) is 10.2. The summed E-state index contributed by atoms with van der Waals surface area (Å²) >= 11 is 3.64. The Morgan fingerprint density at radius 1 is 1.29 bits per heavy atom. The van der Waals surface area contributed by atoms with E-state index in [-0.39, 0.29) is 0 Å². The van der Waals surface area contributed by atoms with Gasteiger partial charge in [0.05, 0.1) is 17.7 Å². The highest BCUT2D eigenvalue weighted by Crippen LogP contribution is 2.43. The van der Waals surface area contributed by atoms with Crippen LogP contribution in [0.15, 0.2) is 16.6 Å². The van der Waals surface area contributed by atoms with E-state index in [0.717, 1.165) is 35.5 Å². The molecule has 2 unspecified atom stereocenters. The summed E-state index contributed by atoms with van der Waals surface area (Å²) in [4.78, 5) is 2.41. The van der Waals surface area contributed by atoms with Crippen molar-refractivity contribution in [1.82, 2.24) is 4.90 Å². The molecule has 4 nitrogen and oxygen atoms in total. The average Bonchev–Trinajstić information content (AvgIpc) is 2.72. The Morgan fingerprint density at radius 2 is 2.10 bits per heavy atom. The van der Waals surface area contributed by atoms with Crippen molar-refractivity contribution in [3.05, 3.63) is 22.2 Å². The van der Waals surface area contributed by atoms with E-state index in [1.807, 2.05) is 0 Å². The van der Waals surface area contributed by atoms with E-state index in [2.05, 4.69) is 40.0 Å². The predicted octanol–water partition coefficient (Wildman–Crippen LogP) is 2.95. The Labute approximate surface area is 134 Å². The predicted molar refractivity (Wildman–Crippen MR) is 86.9 cm³/mol. The maximum atomic E-state index is 6.00. The topological polar surface area (TPSA) is 47.7 Å². The van der Waals surface area contributed by atoms with E-state index in [0.29, 0.717) is 25.2 Å². The molecule has 2 aliphatic rings. The van der Waals surface area contributed by atoms with Gasteiger partial charge in [0.15, 0.2) is 11.5 Å². The normalized spacial score (nSPS) is 26.4. The van der Waals surface area contributed by atoms with Crippen LogP contribution in [0.2, 0.25) is 0 Å². The van der Waals surface area contributed by atoms with Gasteiger partial charge in [-0.05, 0) is 72.5 Å². The molecule has 2 atom stereocenters. The minimum atomic E-state index is 0.359. The van der Waals surface area contributed by atoms with Crippen LogP contribution in [0.3, 0.4) is 0 Å². The molecule has 21 heavy (non-hydrogen) atoms. The van der Waals surface area contributed by atoms with Crippen molar-refractivity contribution >= 4 is 15.9 Å². The Hall–Kier alpha value is -0.780. The van der Waals surface area contributed by atoms with E-state index in [9.17, 15) is 0 Å². The first kappa shape index (κ1) is 15.1. The maximum absolute atomic E-state index is 6.00. The van der Waals surface area contributed by atoms with Crippen molar-refractivity contribution in [3.63, 3.8) is 0 Å². The number of hydrogen-bond acceptors (Lipinski definition) is 4. The van der Waals surface area contributed by atoms with Gasteiger partial charge in [-0.1, -0.05) is 0 Å². The molecule has 1 aromatic rings. The van der Waals surface area contributed by atoms with Crippen LogP contribution in [0, 0.1) is 5.92 Å². The number of ether oxygens (including phenoxy) is 2. The maximum Gasteiger partial charge on any atom is 0.175 e. The highest BCUT2D eigenvalue weighted by Gasteiger charge is 2.31. The zero-order valence-corrected chi connectivity index (χ0v) is 14.1. The zero-order chi connectivity index (χ0) is 14.8. The van der Waals surface area contributed by atoms with Crippen molar-refractivity contribution in [3.8, 4) is 11.5 Å². The molecule has 2 N–H and O–H groups in total. The van der Waals surface area contributed by atoms with Crippen molar-refractivity contribution in [1.29, 1.82) is 0 Å². The molecule has 116 valence electrons. The number of piperidine rings is 1. The van der Waals surface area contributed by atoms with Gasteiger partial charge in [0, 0.05) is 12.5 Å². The van der Waals surface area contributed by atoms with Gasteiger partial charge in [0.1, 0.15) is 0 Å². The molecule has 2 heterocycles. The van der Waals surface area contributed by atoms with E-state index in [1.54, 1.807) is 0 Å². The van der Waals surface area contributed by atoms with Gasteiger partial charge in [-0.2, -0.15) is 0 Å². The van der Waals surface area contributed by atoms with Crippen LogP contribution in [0.5, 0.6) is 11.5 Å². The largest absolute Gasteiger partial charge is 0.490 e. The Morgan fingerprint density at radius 3 is 2.90 bits per heavy atom. The molecule has 0 saturated carbocycles. The molecule has 0 bridgehead atoms. The lowest BCUT2D eigenvalue weighted by Gasteiger charge is -2.39. The first-order valence-electron chi connectivity index (χ1n) is 7.70. The summed E-state index contributed by atoms with van der Waals surface area (Å²) in [6, 6.07) is 4.67.